The molecule has 0 fully saturated rings. The van der Waals surface area contributed by atoms with E-state index in [2.05, 4.69) is 11.6 Å². The normalized spacial score (nSPS) is 15.0. The predicted octanol–water partition coefficient (Wildman–Crippen LogP) is 3.48. The Labute approximate surface area is 169 Å². The SMILES string of the molecule is C=CCOc1ccccc1Cc1nc(OC)c2n(c1=O)[C@@H](c1ccccc1)OC2. The number of fused-ring (bicyclic) bond motifs is 1. The Morgan fingerprint density at radius 3 is 2.72 bits per heavy atom. The molecule has 2 heterocycles. The van der Waals surface area contributed by atoms with Crippen molar-refractivity contribution < 1.29 is 14.2 Å². The van der Waals surface area contributed by atoms with Crippen LogP contribution in [0.2, 0.25) is 0 Å². The zero-order chi connectivity index (χ0) is 20.2. The standard InChI is InChI=1S/C23H22N2O4/c1-3-13-28-20-12-8-7-11-17(20)14-18-22(26)25-19(21(24-18)27-2)15-29-23(25)16-9-5-4-6-10-16/h3-12,23H,1,13-15H2,2H3/t23-/m1/s1. The van der Waals surface area contributed by atoms with Crippen LogP contribution in [-0.4, -0.2) is 23.3 Å². The Hall–Kier alpha value is -3.38. The number of aromatic nitrogens is 2. The van der Waals surface area contributed by atoms with E-state index in [1.54, 1.807) is 17.8 Å². The van der Waals surface area contributed by atoms with Crippen molar-refractivity contribution in [3.05, 3.63) is 100 Å². The molecule has 0 bridgehead atoms. The molecule has 0 saturated heterocycles. The van der Waals surface area contributed by atoms with Crippen LogP contribution in [0.15, 0.2) is 72.0 Å². The number of rotatable bonds is 7. The van der Waals surface area contributed by atoms with Crippen LogP contribution in [-0.2, 0) is 17.8 Å². The summed E-state index contributed by atoms with van der Waals surface area (Å²) in [6.07, 6.45) is 1.51. The highest BCUT2D eigenvalue weighted by molar-refractivity contribution is 5.37. The molecule has 0 saturated carbocycles. The summed E-state index contributed by atoms with van der Waals surface area (Å²) < 4.78 is 18.8. The van der Waals surface area contributed by atoms with Crippen molar-refractivity contribution in [1.29, 1.82) is 0 Å². The fraction of sp³-hybridized carbons (Fsp3) is 0.217. The number of hydrogen-bond acceptors (Lipinski definition) is 5. The molecule has 0 unspecified atom stereocenters. The van der Waals surface area contributed by atoms with Gasteiger partial charge in [-0.2, -0.15) is 0 Å². The molecular weight excluding hydrogens is 368 g/mol. The van der Waals surface area contributed by atoms with Gasteiger partial charge in [0.15, 0.2) is 6.23 Å². The largest absolute Gasteiger partial charge is 0.489 e. The lowest BCUT2D eigenvalue weighted by Gasteiger charge is -2.16. The van der Waals surface area contributed by atoms with Crippen LogP contribution in [0.5, 0.6) is 11.6 Å². The van der Waals surface area contributed by atoms with Gasteiger partial charge in [-0.3, -0.25) is 9.36 Å². The van der Waals surface area contributed by atoms with E-state index in [9.17, 15) is 4.79 Å². The molecule has 3 aromatic rings. The zero-order valence-corrected chi connectivity index (χ0v) is 16.2. The third-order valence-corrected chi connectivity index (χ3v) is 4.82. The number of methoxy groups -OCH3 is 1. The van der Waals surface area contributed by atoms with Gasteiger partial charge in [-0.25, -0.2) is 4.98 Å². The van der Waals surface area contributed by atoms with Crippen molar-refractivity contribution in [2.24, 2.45) is 0 Å². The van der Waals surface area contributed by atoms with Gasteiger partial charge in [-0.1, -0.05) is 61.2 Å². The Kier molecular flexibility index (Phi) is 5.44. The summed E-state index contributed by atoms with van der Waals surface area (Å²) in [5, 5.41) is 0. The minimum absolute atomic E-state index is 0.189. The molecule has 2 aromatic carbocycles. The fourth-order valence-corrected chi connectivity index (χ4v) is 3.47. The first-order valence-electron chi connectivity index (χ1n) is 9.39. The van der Waals surface area contributed by atoms with Gasteiger partial charge in [0.1, 0.15) is 23.7 Å². The van der Waals surface area contributed by atoms with Gasteiger partial charge >= 0.3 is 0 Å². The lowest BCUT2D eigenvalue weighted by Crippen LogP contribution is -2.29. The van der Waals surface area contributed by atoms with E-state index in [0.29, 0.717) is 36.0 Å². The molecule has 1 aliphatic rings. The lowest BCUT2D eigenvalue weighted by molar-refractivity contribution is 0.0616. The van der Waals surface area contributed by atoms with Gasteiger partial charge in [-0.15, -0.1) is 0 Å². The molecule has 0 amide bonds. The average molecular weight is 390 g/mol. The average Bonchev–Trinajstić information content (AvgIpc) is 3.21. The highest BCUT2D eigenvalue weighted by Gasteiger charge is 2.31. The fourth-order valence-electron chi connectivity index (χ4n) is 3.47. The van der Waals surface area contributed by atoms with Crippen LogP contribution in [0.3, 0.4) is 0 Å². The number of nitrogens with zero attached hydrogens (tertiary/aromatic N) is 2. The second kappa shape index (κ2) is 8.32. The Bertz CT molecular complexity index is 1080. The van der Waals surface area contributed by atoms with E-state index in [4.69, 9.17) is 14.2 Å². The van der Waals surface area contributed by atoms with Crippen LogP contribution < -0.4 is 15.0 Å². The molecule has 0 N–H and O–H groups in total. The van der Waals surface area contributed by atoms with Crippen LogP contribution in [0.4, 0.5) is 0 Å². The highest BCUT2D eigenvalue weighted by atomic mass is 16.5. The number of ether oxygens (including phenoxy) is 3. The van der Waals surface area contributed by atoms with Crippen molar-refractivity contribution >= 4 is 0 Å². The van der Waals surface area contributed by atoms with Crippen molar-refractivity contribution in [3.63, 3.8) is 0 Å². The molecular formula is C23H22N2O4. The summed E-state index contributed by atoms with van der Waals surface area (Å²) in [4.78, 5) is 17.8. The second-order valence-electron chi connectivity index (χ2n) is 6.65. The van der Waals surface area contributed by atoms with E-state index < -0.39 is 6.23 Å². The smallest absolute Gasteiger partial charge is 0.275 e. The zero-order valence-electron chi connectivity index (χ0n) is 16.2. The molecule has 1 atom stereocenters. The van der Waals surface area contributed by atoms with Crippen molar-refractivity contribution in [1.82, 2.24) is 9.55 Å². The summed E-state index contributed by atoms with van der Waals surface area (Å²) in [6.45, 7) is 4.34. The van der Waals surface area contributed by atoms with Gasteiger partial charge in [0.05, 0.1) is 13.7 Å². The van der Waals surface area contributed by atoms with Gasteiger partial charge in [-0.05, 0) is 6.07 Å². The number of benzene rings is 2. The molecule has 0 aliphatic carbocycles. The molecule has 148 valence electrons. The molecule has 1 aliphatic heterocycles. The quantitative estimate of drug-likeness (QED) is 0.578. The van der Waals surface area contributed by atoms with Gasteiger partial charge in [0.25, 0.3) is 5.56 Å². The van der Waals surface area contributed by atoms with E-state index in [0.717, 1.165) is 11.1 Å². The molecule has 0 spiro atoms. The minimum atomic E-state index is -0.499. The van der Waals surface area contributed by atoms with E-state index >= 15 is 0 Å². The van der Waals surface area contributed by atoms with Crippen LogP contribution in [0.1, 0.15) is 28.7 Å². The Balaban J connectivity index is 1.77. The summed E-state index contributed by atoms with van der Waals surface area (Å²) in [6, 6.07) is 17.3. The summed E-state index contributed by atoms with van der Waals surface area (Å²) in [7, 11) is 1.55. The maximum atomic E-state index is 13.4. The van der Waals surface area contributed by atoms with E-state index in [1.165, 1.54) is 0 Å². The lowest BCUT2D eigenvalue weighted by atomic mass is 10.1. The molecule has 29 heavy (non-hydrogen) atoms. The minimum Gasteiger partial charge on any atom is -0.489 e. The molecule has 1 aromatic heterocycles. The predicted molar refractivity (Wildman–Crippen MR) is 109 cm³/mol. The first-order chi connectivity index (χ1) is 14.2. The van der Waals surface area contributed by atoms with Crippen molar-refractivity contribution in [3.8, 4) is 11.6 Å². The first kappa shape index (κ1) is 19.0. The third kappa shape index (κ3) is 3.67. The first-order valence-corrected chi connectivity index (χ1v) is 9.39. The summed E-state index contributed by atoms with van der Waals surface area (Å²) in [5.41, 5.74) is 2.61. The van der Waals surface area contributed by atoms with Crippen LogP contribution in [0, 0.1) is 0 Å². The summed E-state index contributed by atoms with van der Waals surface area (Å²) in [5.74, 6) is 1.11. The Morgan fingerprint density at radius 1 is 1.21 bits per heavy atom. The van der Waals surface area contributed by atoms with E-state index in [-0.39, 0.29) is 12.2 Å². The molecule has 6 heteroatoms. The van der Waals surface area contributed by atoms with Crippen LogP contribution in [0.25, 0.3) is 0 Å². The topological polar surface area (TPSA) is 62.6 Å². The van der Waals surface area contributed by atoms with Gasteiger partial charge in [0, 0.05) is 17.5 Å². The van der Waals surface area contributed by atoms with Crippen LogP contribution >= 0.6 is 0 Å². The summed E-state index contributed by atoms with van der Waals surface area (Å²) >= 11 is 0. The Morgan fingerprint density at radius 2 is 1.97 bits per heavy atom. The molecule has 4 rings (SSSR count). The van der Waals surface area contributed by atoms with Gasteiger partial charge < -0.3 is 14.2 Å². The number of hydrogen-bond donors (Lipinski definition) is 0. The third-order valence-electron chi connectivity index (χ3n) is 4.82. The molecule has 6 nitrogen and oxygen atoms in total. The van der Waals surface area contributed by atoms with E-state index in [1.807, 2.05) is 54.6 Å². The van der Waals surface area contributed by atoms with Crippen molar-refractivity contribution in [2.45, 2.75) is 19.3 Å². The molecule has 0 radical (unpaired) electrons. The van der Waals surface area contributed by atoms with Crippen molar-refractivity contribution in [2.75, 3.05) is 13.7 Å². The maximum absolute atomic E-state index is 13.4. The number of para-hydroxylation sites is 1. The second-order valence-corrected chi connectivity index (χ2v) is 6.65. The monoisotopic (exact) mass is 390 g/mol. The highest BCUT2D eigenvalue weighted by Crippen LogP contribution is 2.32. The maximum Gasteiger partial charge on any atom is 0.275 e. The van der Waals surface area contributed by atoms with Gasteiger partial charge in [0.2, 0.25) is 5.88 Å².